The molecule has 1 aliphatic rings. The van der Waals surface area contributed by atoms with E-state index >= 15 is 0 Å². The van der Waals surface area contributed by atoms with Crippen LogP contribution in [0.25, 0.3) is 11.1 Å². The smallest absolute Gasteiger partial charge is 0.271 e. The van der Waals surface area contributed by atoms with E-state index in [0.29, 0.717) is 23.2 Å². The summed E-state index contributed by atoms with van der Waals surface area (Å²) < 4.78 is 5.61. The fourth-order valence-corrected chi connectivity index (χ4v) is 8.19. The largest absolute Gasteiger partial charge is 0.337 e. The lowest BCUT2D eigenvalue weighted by molar-refractivity contribution is -0.685. The Morgan fingerprint density at radius 1 is 1.31 bits per heavy atom. The van der Waals surface area contributed by atoms with Crippen LogP contribution in [0, 0.1) is 0 Å². The molecule has 0 fully saturated rings. The van der Waals surface area contributed by atoms with E-state index in [1.807, 2.05) is 37.0 Å². The van der Waals surface area contributed by atoms with E-state index < -0.39 is 0 Å². The number of halogens is 2. The number of fused-ring (bicyclic) bond motifs is 1. The van der Waals surface area contributed by atoms with Gasteiger partial charge in [0.1, 0.15) is 14.2 Å². The van der Waals surface area contributed by atoms with Gasteiger partial charge in [0, 0.05) is 34.0 Å². The fraction of sp³-hybridized carbons (Fsp3) is 0.231. The third kappa shape index (κ3) is 5.44. The van der Waals surface area contributed by atoms with Crippen LogP contribution in [0.15, 0.2) is 78.7 Å². The maximum absolute atomic E-state index is 13.5. The highest BCUT2D eigenvalue weighted by molar-refractivity contribution is 8.08. The summed E-state index contributed by atoms with van der Waals surface area (Å²) in [6.07, 6.45) is 9.55. The summed E-state index contributed by atoms with van der Waals surface area (Å²) in [4.78, 5) is 18.0. The second kappa shape index (κ2) is 11.8. The van der Waals surface area contributed by atoms with Gasteiger partial charge in [0.2, 0.25) is 0 Å². The van der Waals surface area contributed by atoms with Gasteiger partial charge in [-0.1, -0.05) is 59.0 Å². The molecule has 0 unspecified atom stereocenters. The van der Waals surface area contributed by atoms with E-state index in [2.05, 4.69) is 46.6 Å². The standard InChI is InChI=1S/C26H26Cl2N3OS4/c1-6-8-19(28)18(16(3)27)15-30-11-12-34-22(30)14-23-31(7-2)25(32)24(36-23)26-29(4)20-10-9-17(33-5)13-21(20)35-26/h6,8-14H,1,7,15H2,2-5H3/q+1/b18-16+,19-8+,26-24+. The summed E-state index contributed by atoms with van der Waals surface area (Å²) in [6.45, 7) is 8.68. The lowest BCUT2D eigenvalue weighted by atomic mass is 10.2. The summed E-state index contributed by atoms with van der Waals surface area (Å²) >= 11 is 19.4. The molecule has 0 amide bonds. The SMILES string of the molecule is C=C/C=C(Cl)\C(C[n+]1ccsc1/C=c1\s/c(=C2/Sc3cc(SC)ccc3N2C)c(=O)n1CC)=C(/C)Cl. The van der Waals surface area contributed by atoms with Crippen LogP contribution in [0.4, 0.5) is 5.69 Å². The average molecular weight is 596 g/mol. The molecule has 0 spiro atoms. The van der Waals surface area contributed by atoms with Gasteiger partial charge in [-0.3, -0.25) is 9.36 Å². The third-order valence-electron chi connectivity index (χ3n) is 5.72. The zero-order valence-electron chi connectivity index (χ0n) is 20.4. The zero-order chi connectivity index (χ0) is 26.0. The van der Waals surface area contributed by atoms with E-state index in [-0.39, 0.29) is 5.56 Å². The second-order valence-corrected chi connectivity index (χ2v) is 12.7. The number of hydrogen-bond acceptors (Lipinski definition) is 6. The molecule has 0 saturated heterocycles. The summed E-state index contributed by atoms with van der Waals surface area (Å²) in [5.41, 5.74) is 2.00. The monoisotopic (exact) mass is 594 g/mol. The number of thiazole rings is 2. The first kappa shape index (κ1) is 27.4. The Kier molecular flexibility index (Phi) is 8.96. The van der Waals surface area contributed by atoms with Crippen molar-refractivity contribution in [1.29, 1.82) is 0 Å². The topological polar surface area (TPSA) is 29.1 Å². The number of allylic oxidation sites excluding steroid dienone is 5. The summed E-state index contributed by atoms with van der Waals surface area (Å²) in [6, 6.07) is 6.45. The average Bonchev–Trinajstić information content (AvgIpc) is 3.52. The van der Waals surface area contributed by atoms with Gasteiger partial charge in [0.05, 0.1) is 22.2 Å². The molecular formula is C26H26Cl2N3OS4+. The van der Waals surface area contributed by atoms with Gasteiger partial charge in [-0.05, 0) is 44.4 Å². The van der Waals surface area contributed by atoms with Gasteiger partial charge in [0.15, 0.2) is 12.7 Å². The van der Waals surface area contributed by atoms with Crippen molar-refractivity contribution in [2.75, 3.05) is 18.2 Å². The van der Waals surface area contributed by atoms with E-state index in [9.17, 15) is 4.79 Å². The first-order valence-electron chi connectivity index (χ1n) is 11.1. The molecular weight excluding hydrogens is 569 g/mol. The number of rotatable bonds is 7. The molecule has 4 rings (SSSR count). The van der Waals surface area contributed by atoms with Crippen molar-refractivity contribution < 1.29 is 4.57 Å². The van der Waals surface area contributed by atoms with E-state index in [4.69, 9.17) is 23.2 Å². The van der Waals surface area contributed by atoms with E-state index in [1.165, 1.54) is 21.1 Å². The van der Waals surface area contributed by atoms with Crippen LogP contribution in [-0.4, -0.2) is 17.9 Å². The molecule has 0 N–H and O–H groups in total. The van der Waals surface area contributed by atoms with Crippen LogP contribution in [0.3, 0.4) is 0 Å². The minimum atomic E-state index is 0.0400. The van der Waals surface area contributed by atoms with Crippen molar-refractivity contribution in [3.05, 3.63) is 88.7 Å². The number of nitrogens with zero attached hydrogens (tertiary/aromatic N) is 3. The predicted molar refractivity (Wildman–Crippen MR) is 160 cm³/mol. The highest BCUT2D eigenvalue weighted by atomic mass is 35.5. The Balaban J connectivity index is 1.81. The zero-order valence-corrected chi connectivity index (χ0v) is 25.2. The lowest BCUT2D eigenvalue weighted by Crippen LogP contribution is -2.36. The minimum absolute atomic E-state index is 0.0400. The van der Waals surface area contributed by atoms with Crippen molar-refractivity contribution >= 4 is 86.2 Å². The van der Waals surface area contributed by atoms with Gasteiger partial charge < -0.3 is 4.90 Å². The number of thioether (sulfide) groups is 2. The van der Waals surface area contributed by atoms with Crippen molar-refractivity contribution in [2.24, 2.45) is 0 Å². The Morgan fingerprint density at radius 2 is 2.08 bits per heavy atom. The maximum atomic E-state index is 13.5. The quantitative estimate of drug-likeness (QED) is 0.192. The molecule has 2 aromatic heterocycles. The number of anilines is 1. The molecule has 36 heavy (non-hydrogen) atoms. The first-order chi connectivity index (χ1) is 17.3. The summed E-state index contributed by atoms with van der Waals surface area (Å²) in [5.74, 6) is 0. The highest BCUT2D eigenvalue weighted by Crippen LogP contribution is 2.46. The number of benzene rings is 1. The van der Waals surface area contributed by atoms with Crippen molar-refractivity contribution in [2.45, 2.75) is 36.7 Å². The molecule has 3 heterocycles. The summed E-state index contributed by atoms with van der Waals surface area (Å²) in [5, 5.41) is 5.20. The predicted octanol–water partition coefficient (Wildman–Crippen LogP) is 5.96. The van der Waals surface area contributed by atoms with Gasteiger partial charge in [-0.15, -0.1) is 23.1 Å². The van der Waals surface area contributed by atoms with Crippen LogP contribution in [0.5, 0.6) is 0 Å². The van der Waals surface area contributed by atoms with Gasteiger partial charge in [-0.25, -0.2) is 0 Å². The first-order valence-corrected chi connectivity index (χ1v) is 15.6. The molecule has 0 atom stereocenters. The normalized spacial score (nSPS) is 16.4. The Morgan fingerprint density at radius 3 is 2.75 bits per heavy atom. The number of hydrogen-bond donors (Lipinski definition) is 0. The Hall–Kier alpha value is -1.68. The van der Waals surface area contributed by atoms with Crippen molar-refractivity contribution in [1.82, 2.24) is 4.57 Å². The van der Waals surface area contributed by atoms with E-state index in [1.54, 1.807) is 47.0 Å². The van der Waals surface area contributed by atoms with Crippen molar-refractivity contribution in [3.8, 4) is 0 Å². The minimum Gasteiger partial charge on any atom is -0.337 e. The second-order valence-electron chi connectivity index (χ2n) is 7.89. The van der Waals surface area contributed by atoms with Crippen molar-refractivity contribution in [3.63, 3.8) is 0 Å². The highest BCUT2D eigenvalue weighted by Gasteiger charge is 2.25. The molecule has 1 aliphatic heterocycles. The molecule has 10 heteroatoms. The van der Waals surface area contributed by atoms with Crippen LogP contribution in [0.2, 0.25) is 0 Å². The van der Waals surface area contributed by atoms with Crippen LogP contribution in [0.1, 0.15) is 18.9 Å². The van der Waals surface area contributed by atoms with Crippen LogP contribution in [-0.2, 0) is 13.1 Å². The van der Waals surface area contributed by atoms with Gasteiger partial charge in [-0.2, -0.15) is 4.57 Å². The molecule has 0 bridgehead atoms. The molecule has 4 nitrogen and oxygen atoms in total. The fourth-order valence-electron chi connectivity index (χ4n) is 3.82. The molecule has 1 aromatic carbocycles. The molecule has 0 aliphatic carbocycles. The molecule has 0 saturated carbocycles. The van der Waals surface area contributed by atoms with Gasteiger partial charge >= 0.3 is 0 Å². The van der Waals surface area contributed by atoms with Crippen LogP contribution >= 0.6 is 69.4 Å². The third-order valence-corrected chi connectivity index (χ3v) is 10.3. The van der Waals surface area contributed by atoms with Gasteiger partial charge in [0.25, 0.3) is 10.6 Å². The molecule has 188 valence electrons. The Bertz CT molecular complexity index is 1560. The van der Waals surface area contributed by atoms with E-state index in [0.717, 1.165) is 30.5 Å². The summed E-state index contributed by atoms with van der Waals surface area (Å²) in [7, 11) is 2.03. The Labute approximate surface area is 237 Å². The number of aromatic nitrogens is 2. The lowest BCUT2D eigenvalue weighted by Gasteiger charge is -2.12. The van der Waals surface area contributed by atoms with Crippen LogP contribution < -0.4 is 24.2 Å². The molecule has 3 aromatic rings. The maximum Gasteiger partial charge on any atom is 0.271 e. The molecule has 0 radical (unpaired) electrons.